The Hall–Kier alpha value is -2.40. The highest BCUT2D eigenvalue weighted by Gasteiger charge is 2.11. The van der Waals surface area contributed by atoms with E-state index in [0.29, 0.717) is 17.1 Å². The zero-order chi connectivity index (χ0) is 19.8. The predicted molar refractivity (Wildman–Crippen MR) is 114 cm³/mol. The fourth-order valence-corrected chi connectivity index (χ4v) is 2.84. The average molecular weight is 499 g/mol. The number of ether oxygens (including phenoxy) is 2. The summed E-state index contributed by atoms with van der Waals surface area (Å²) in [5.74, 6) is 0.416. The summed E-state index contributed by atoms with van der Waals surface area (Å²) in [5.41, 5.74) is 6.33. The lowest BCUT2D eigenvalue weighted by Crippen LogP contribution is -2.49. The maximum Gasteiger partial charge on any atom is 0.276 e. The SMILES string of the molecule is COc1ccc(C(=O)NC(=S)NNC(=O)COc2ccc(C)cc2)cc1I. The van der Waals surface area contributed by atoms with Gasteiger partial charge >= 0.3 is 0 Å². The van der Waals surface area contributed by atoms with Gasteiger partial charge in [-0.2, -0.15) is 0 Å². The molecule has 0 aliphatic rings. The lowest BCUT2D eigenvalue weighted by molar-refractivity contribution is -0.123. The highest BCUT2D eigenvalue weighted by atomic mass is 127. The van der Waals surface area contributed by atoms with Gasteiger partial charge in [-0.15, -0.1) is 0 Å². The van der Waals surface area contributed by atoms with Crippen molar-refractivity contribution in [1.82, 2.24) is 16.2 Å². The second-order valence-corrected chi connectivity index (χ2v) is 6.98. The molecular weight excluding hydrogens is 481 g/mol. The van der Waals surface area contributed by atoms with Crippen molar-refractivity contribution in [2.24, 2.45) is 0 Å². The molecule has 0 unspecified atom stereocenters. The monoisotopic (exact) mass is 499 g/mol. The molecule has 0 spiro atoms. The molecule has 0 aliphatic carbocycles. The minimum absolute atomic E-state index is 0.0329. The van der Waals surface area contributed by atoms with Gasteiger partial charge in [0.1, 0.15) is 11.5 Å². The van der Waals surface area contributed by atoms with E-state index in [-0.39, 0.29) is 11.7 Å². The minimum Gasteiger partial charge on any atom is -0.496 e. The standard InChI is InChI=1S/C18H18IN3O4S/c1-11-3-6-13(7-4-11)26-10-16(23)21-22-18(27)20-17(24)12-5-8-15(25-2)14(19)9-12/h3-9H,10H2,1-2H3,(H,21,23)(H2,20,22,24,27). The van der Waals surface area contributed by atoms with E-state index in [0.717, 1.165) is 9.13 Å². The van der Waals surface area contributed by atoms with Crippen molar-refractivity contribution in [3.63, 3.8) is 0 Å². The molecule has 0 saturated heterocycles. The van der Waals surface area contributed by atoms with Gasteiger partial charge in [-0.25, -0.2) is 0 Å². The van der Waals surface area contributed by atoms with Gasteiger partial charge in [0, 0.05) is 5.56 Å². The number of methoxy groups -OCH3 is 1. The van der Waals surface area contributed by atoms with E-state index >= 15 is 0 Å². The van der Waals surface area contributed by atoms with Crippen molar-refractivity contribution < 1.29 is 19.1 Å². The highest BCUT2D eigenvalue weighted by molar-refractivity contribution is 14.1. The Bertz CT molecular complexity index is 843. The molecule has 3 N–H and O–H groups in total. The smallest absolute Gasteiger partial charge is 0.276 e. The summed E-state index contributed by atoms with van der Waals surface area (Å²) in [4.78, 5) is 23.9. The van der Waals surface area contributed by atoms with Gasteiger partial charge in [0.2, 0.25) is 0 Å². The summed E-state index contributed by atoms with van der Waals surface area (Å²) in [6, 6.07) is 12.3. The molecule has 142 valence electrons. The number of aryl methyl sites for hydroxylation is 1. The van der Waals surface area contributed by atoms with E-state index < -0.39 is 11.8 Å². The molecule has 2 aromatic rings. The van der Waals surface area contributed by atoms with Crippen LogP contribution in [-0.4, -0.2) is 30.6 Å². The molecule has 0 heterocycles. The highest BCUT2D eigenvalue weighted by Crippen LogP contribution is 2.21. The molecule has 0 radical (unpaired) electrons. The van der Waals surface area contributed by atoms with E-state index in [9.17, 15) is 9.59 Å². The molecule has 2 rings (SSSR count). The molecule has 0 saturated carbocycles. The number of amides is 2. The first kappa shape index (κ1) is 20.9. The largest absolute Gasteiger partial charge is 0.496 e. The van der Waals surface area contributed by atoms with Gasteiger partial charge in [-0.05, 0) is 72.1 Å². The second-order valence-electron chi connectivity index (χ2n) is 5.41. The topological polar surface area (TPSA) is 88.7 Å². The maximum absolute atomic E-state index is 12.2. The summed E-state index contributed by atoms with van der Waals surface area (Å²) >= 11 is 7.07. The van der Waals surface area contributed by atoms with Crippen molar-refractivity contribution in [3.8, 4) is 11.5 Å². The van der Waals surface area contributed by atoms with Gasteiger partial charge in [0.25, 0.3) is 11.8 Å². The summed E-state index contributed by atoms with van der Waals surface area (Å²) < 4.78 is 11.3. The van der Waals surface area contributed by atoms with Crippen LogP contribution in [-0.2, 0) is 4.79 Å². The molecule has 0 aromatic heterocycles. The van der Waals surface area contributed by atoms with Crippen LogP contribution in [0.3, 0.4) is 0 Å². The molecule has 7 nitrogen and oxygen atoms in total. The van der Waals surface area contributed by atoms with Gasteiger partial charge in [-0.1, -0.05) is 17.7 Å². The second kappa shape index (κ2) is 10.1. The first-order valence-electron chi connectivity index (χ1n) is 7.82. The Labute approximate surface area is 175 Å². The van der Waals surface area contributed by atoms with E-state index in [4.69, 9.17) is 21.7 Å². The molecule has 27 heavy (non-hydrogen) atoms. The first-order chi connectivity index (χ1) is 12.9. The van der Waals surface area contributed by atoms with Crippen LogP contribution < -0.4 is 25.6 Å². The van der Waals surface area contributed by atoms with Gasteiger partial charge in [0.05, 0.1) is 10.7 Å². The molecule has 0 atom stereocenters. The first-order valence-corrected chi connectivity index (χ1v) is 9.31. The van der Waals surface area contributed by atoms with Crippen LogP contribution in [0.4, 0.5) is 0 Å². The lowest BCUT2D eigenvalue weighted by atomic mass is 10.2. The van der Waals surface area contributed by atoms with Crippen LogP contribution in [0.5, 0.6) is 11.5 Å². The third-order valence-corrected chi connectivity index (χ3v) is 4.39. The van der Waals surface area contributed by atoms with Gasteiger partial charge in [-0.3, -0.25) is 25.8 Å². The zero-order valence-corrected chi connectivity index (χ0v) is 17.6. The zero-order valence-electron chi connectivity index (χ0n) is 14.7. The van der Waals surface area contributed by atoms with E-state index in [2.05, 4.69) is 38.8 Å². The third kappa shape index (κ3) is 6.68. The number of carbonyl (C=O) groups is 2. The molecule has 0 fully saturated rings. The molecule has 0 bridgehead atoms. The summed E-state index contributed by atoms with van der Waals surface area (Å²) in [6.07, 6.45) is 0. The normalized spacial score (nSPS) is 9.89. The lowest BCUT2D eigenvalue weighted by Gasteiger charge is -2.12. The van der Waals surface area contributed by atoms with Gasteiger partial charge in [0.15, 0.2) is 11.7 Å². The van der Waals surface area contributed by atoms with Crippen molar-refractivity contribution in [2.45, 2.75) is 6.92 Å². The molecule has 9 heteroatoms. The molecule has 2 aromatic carbocycles. The quantitative estimate of drug-likeness (QED) is 0.333. The summed E-state index contributed by atoms with van der Waals surface area (Å²) in [6.45, 7) is 1.77. The number of benzene rings is 2. The number of carbonyl (C=O) groups excluding carboxylic acids is 2. The number of hydrogen-bond donors (Lipinski definition) is 3. The Morgan fingerprint density at radius 2 is 1.81 bits per heavy atom. The van der Waals surface area contributed by atoms with E-state index in [1.54, 1.807) is 37.4 Å². The minimum atomic E-state index is -0.439. The van der Waals surface area contributed by atoms with E-state index in [1.165, 1.54) is 0 Å². The van der Waals surface area contributed by atoms with Crippen molar-refractivity contribution in [1.29, 1.82) is 0 Å². The van der Waals surface area contributed by atoms with Crippen LogP contribution in [0.15, 0.2) is 42.5 Å². The van der Waals surface area contributed by atoms with Crippen LogP contribution >= 0.6 is 34.8 Å². The maximum atomic E-state index is 12.2. The predicted octanol–water partition coefficient (Wildman–Crippen LogP) is 2.32. The Morgan fingerprint density at radius 3 is 2.44 bits per heavy atom. The van der Waals surface area contributed by atoms with Crippen molar-refractivity contribution in [2.75, 3.05) is 13.7 Å². The number of nitrogens with one attached hydrogen (secondary N) is 3. The molecule has 2 amide bonds. The third-order valence-electron chi connectivity index (χ3n) is 3.35. The van der Waals surface area contributed by atoms with E-state index in [1.807, 2.05) is 19.1 Å². The molecular formula is C18H18IN3O4S. The average Bonchev–Trinajstić information content (AvgIpc) is 2.65. The molecule has 0 aliphatic heterocycles. The fourth-order valence-electron chi connectivity index (χ4n) is 1.96. The van der Waals surface area contributed by atoms with Crippen molar-refractivity contribution in [3.05, 3.63) is 57.2 Å². The summed E-state index contributed by atoms with van der Waals surface area (Å²) in [5, 5.41) is 2.45. The number of hydrazine groups is 1. The van der Waals surface area contributed by atoms with Crippen LogP contribution in [0.25, 0.3) is 0 Å². The summed E-state index contributed by atoms with van der Waals surface area (Å²) in [7, 11) is 1.56. The number of thiocarbonyl (C=S) groups is 1. The Balaban J connectivity index is 1.76. The Kier molecular flexibility index (Phi) is 7.80. The van der Waals surface area contributed by atoms with Gasteiger partial charge < -0.3 is 9.47 Å². The number of halogens is 1. The van der Waals surface area contributed by atoms with Crippen molar-refractivity contribution >= 4 is 51.7 Å². The van der Waals surface area contributed by atoms with Crippen LogP contribution in [0.2, 0.25) is 0 Å². The van der Waals surface area contributed by atoms with Crippen LogP contribution in [0, 0.1) is 10.5 Å². The Morgan fingerprint density at radius 1 is 1.11 bits per heavy atom. The van der Waals surface area contributed by atoms with Crippen LogP contribution in [0.1, 0.15) is 15.9 Å². The number of rotatable bonds is 5. The fraction of sp³-hybridized carbons (Fsp3) is 0.167. The number of hydrogen-bond acceptors (Lipinski definition) is 5.